The lowest BCUT2D eigenvalue weighted by atomic mass is 9.75. The molecule has 3 rings (SSSR count). The van der Waals surface area contributed by atoms with E-state index in [1.807, 2.05) is 36.4 Å². The number of para-hydroxylation sites is 1. The quantitative estimate of drug-likeness (QED) is 0.622. The van der Waals surface area contributed by atoms with Gasteiger partial charge in [0.1, 0.15) is 5.75 Å². The minimum Gasteiger partial charge on any atom is -0.507 e. The molecule has 0 aliphatic heterocycles. The zero-order chi connectivity index (χ0) is 19.4. The third-order valence-corrected chi connectivity index (χ3v) is 8.25. The van der Waals surface area contributed by atoms with Crippen molar-refractivity contribution in [2.45, 2.75) is 52.3 Å². The summed E-state index contributed by atoms with van der Waals surface area (Å²) < 4.78 is 20.7. The molecule has 0 spiro atoms. The molecule has 2 aromatic rings. The van der Waals surface area contributed by atoms with Crippen LogP contribution in [0, 0.1) is 17.8 Å². The Kier molecular flexibility index (Phi) is 6.44. The topological polar surface area (TPSA) is 46.5 Å². The Labute approximate surface area is 163 Å². The van der Waals surface area contributed by atoms with Crippen LogP contribution in [-0.4, -0.2) is 11.2 Å². The predicted molar refractivity (Wildman–Crippen MR) is 112 cm³/mol. The lowest BCUT2D eigenvalue weighted by molar-refractivity contribution is 0.0495. The Morgan fingerprint density at radius 1 is 1.07 bits per heavy atom. The van der Waals surface area contributed by atoms with Crippen molar-refractivity contribution in [2.24, 2.45) is 17.8 Å². The molecule has 3 nitrogen and oxygen atoms in total. The third kappa shape index (κ3) is 4.83. The van der Waals surface area contributed by atoms with Gasteiger partial charge < -0.3 is 9.63 Å². The summed E-state index contributed by atoms with van der Waals surface area (Å²) in [6.07, 6.45) is 3.50. The van der Waals surface area contributed by atoms with Gasteiger partial charge in [0.05, 0.1) is 17.6 Å². The molecule has 1 fully saturated rings. The molecule has 0 heterocycles. The molecule has 4 heteroatoms. The molecule has 2 aromatic carbocycles. The Hall–Kier alpha value is -1.57. The Balaban J connectivity index is 1.96. The molecule has 0 unspecified atom stereocenters. The SMILES string of the molecule is CC(C)[C@@H]1CC[C@@H](C)C[C@H]1O[P@](=O)(Cc1ccccc1)c1ccccc1O. The second kappa shape index (κ2) is 8.63. The van der Waals surface area contributed by atoms with Gasteiger partial charge in [-0.25, -0.2) is 0 Å². The van der Waals surface area contributed by atoms with E-state index in [1.165, 1.54) is 6.42 Å². The molecule has 0 aromatic heterocycles. The summed E-state index contributed by atoms with van der Waals surface area (Å²) in [5.74, 6) is 1.51. The first-order valence-electron chi connectivity index (χ1n) is 9.99. The molecule has 1 aliphatic rings. The van der Waals surface area contributed by atoms with Crippen LogP contribution in [0.5, 0.6) is 5.75 Å². The van der Waals surface area contributed by atoms with Crippen LogP contribution in [0.4, 0.5) is 0 Å². The van der Waals surface area contributed by atoms with Crippen LogP contribution >= 0.6 is 7.37 Å². The van der Waals surface area contributed by atoms with Gasteiger partial charge in [-0.05, 0) is 48.3 Å². The van der Waals surface area contributed by atoms with Crippen molar-refractivity contribution >= 4 is 12.7 Å². The first-order valence-corrected chi connectivity index (χ1v) is 11.8. The van der Waals surface area contributed by atoms with Gasteiger partial charge in [-0.3, -0.25) is 4.57 Å². The van der Waals surface area contributed by atoms with Crippen LogP contribution < -0.4 is 5.30 Å². The third-order valence-electron chi connectivity index (χ3n) is 5.75. The number of benzene rings is 2. The minimum absolute atomic E-state index is 0.0390. The molecular weight excluding hydrogens is 355 g/mol. The zero-order valence-electron chi connectivity index (χ0n) is 16.5. The van der Waals surface area contributed by atoms with E-state index < -0.39 is 7.37 Å². The van der Waals surface area contributed by atoms with E-state index in [1.54, 1.807) is 18.2 Å². The summed E-state index contributed by atoms with van der Waals surface area (Å²) in [4.78, 5) is 0. The highest BCUT2D eigenvalue weighted by Crippen LogP contribution is 2.55. The maximum Gasteiger partial charge on any atom is 0.240 e. The molecule has 27 heavy (non-hydrogen) atoms. The predicted octanol–water partition coefficient (Wildman–Crippen LogP) is 5.97. The molecule has 1 aliphatic carbocycles. The highest BCUT2D eigenvalue weighted by Gasteiger charge is 2.39. The summed E-state index contributed by atoms with van der Waals surface area (Å²) in [5.41, 5.74) is 0.967. The lowest BCUT2D eigenvalue weighted by Crippen LogP contribution is -2.34. The Morgan fingerprint density at radius 2 is 1.74 bits per heavy atom. The number of phenols is 1. The Morgan fingerprint density at radius 3 is 2.41 bits per heavy atom. The first-order chi connectivity index (χ1) is 12.9. The van der Waals surface area contributed by atoms with E-state index in [2.05, 4.69) is 20.8 Å². The second-order valence-electron chi connectivity index (χ2n) is 8.28. The van der Waals surface area contributed by atoms with Gasteiger partial charge in [0, 0.05) is 0 Å². The van der Waals surface area contributed by atoms with Gasteiger partial charge in [0.25, 0.3) is 0 Å². The van der Waals surface area contributed by atoms with E-state index in [9.17, 15) is 9.67 Å². The van der Waals surface area contributed by atoms with Crippen molar-refractivity contribution in [3.63, 3.8) is 0 Å². The fourth-order valence-electron chi connectivity index (χ4n) is 4.21. The van der Waals surface area contributed by atoms with Gasteiger partial charge in [-0.2, -0.15) is 0 Å². The standard InChI is InChI=1S/C23H31O3P/c1-17(2)20-14-13-18(3)15-22(20)26-27(25,16-19-9-5-4-6-10-19)23-12-8-7-11-21(23)24/h4-12,17-18,20,22,24H,13-16H2,1-3H3/t18-,20+,22-,27-/m1/s1. The maximum absolute atomic E-state index is 14.2. The molecule has 0 bridgehead atoms. The van der Waals surface area contributed by atoms with Gasteiger partial charge in [-0.1, -0.05) is 69.7 Å². The molecule has 0 saturated heterocycles. The molecule has 0 radical (unpaired) electrons. The van der Waals surface area contributed by atoms with E-state index in [-0.39, 0.29) is 11.9 Å². The molecule has 1 saturated carbocycles. The van der Waals surface area contributed by atoms with Crippen LogP contribution in [-0.2, 0) is 15.3 Å². The smallest absolute Gasteiger partial charge is 0.240 e. The number of rotatable bonds is 6. The van der Waals surface area contributed by atoms with Gasteiger partial charge in [0.15, 0.2) is 0 Å². The van der Waals surface area contributed by atoms with Crippen LogP contribution in [0.1, 0.15) is 45.6 Å². The van der Waals surface area contributed by atoms with Crippen molar-refractivity contribution in [1.29, 1.82) is 0 Å². The summed E-state index contributed by atoms with van der Waals surface area (Å²) in [6, 6.07) is 16.7. The summed E-state index contributed by atoms with van der Waals surface area (Å²) in [6.45, 7) is 6.69. The number of hydrogen-bond donors (Lipinski definition) is 1. The van der Waals surface area contributed by atoms with Crippen molar-refractivity contribution in [3.8, 4) is 5.75 Å². The average molecular weight is 386 g/mol. The summed E-state index contributed by atoms with van der Waals surface area (Å²) >= 11 is 0. The minimum atomic E-state index is -3.25. The van der Waals surface area contributed by atoms with E-state index >= 15 is 0 Å². The van der Waals surface area contributed by atoms with Crippen molar-refractivity contribution in [1.82, 2.24) is 0 Å². The maximum atomic E-state index is 14.2. The largest absolute Gasteiger partial charge is 0.507 e. The second-order valence-corrected chi connectivity index (χ2v) is 10.6. The monoisotopic (exact) mass is 386 g/mol. The normalized spacial score (nSPS) is 25.3. The van der Waals surface area contributed by atoms with Gasteiger partial charge in [-0.15, -0.1) is 0 Å². The van der Waals surface area contributed by atoms with Gasteiger partial charge in [0.2, 0.25) is 7.37 Å². The molecule has 0 amide bonds. The zero-order valence-corrected chi connectivity index (χ0v) is 17.4. The fourth-order valence-corrected chi connectivity index (χ4v) is 6.68. The summed E-state index contributed by atoms with van der Waals surface area (Å²) in [5, 5.41) is 10.9. The number of hydrogen-bond acceptors (Lipinski definition) is 3. The molecular formula is C23H31O3P. The summed E-state index contributed by atoms with van der Waals surface area (Å²) in [7, 11) is -3.25. The van der Waals surface area contributed by atoms with Crippen molar-refractivity contribution in [2.75, 3.05) is 0 Å². The van der Waals surface area contributed by atoms with E-state index in [0.29, 0.717) is 29.2 Å². The fraction of sp³-hybridized carbons (Fsp3) is 0.478. The number of phenolic OH excluding ortho intramolecular Hbond substituents is 1. The van der Waals surface area contributed by atoms with Crippen molar-refractivity contribution in [3.05, 3.63) is 60.2 Å². The highest BCUT2D eigenvalue weighted by atomic mass is 31.2. The number of aromatic hydroxyl groups is 1. The van der Waals surface area contributed by atoms with Crippen LogP contribution in [0.2, 0.25) is 0 Å². The lowest BCUT2D eigenvalue weighted by Gasteiger charge is -2.39. The van der Waals surface area contributed by atoms with E-state index in [4.69, 9.17) is 4.52 Å². The highest BCUT2D eigenvalue weighted by molar-refractivity contribution is 7.66. The van der Waals surface area contributed by atoms with E-state index in [0.717, 1.165) is 18.4 Å². The van der Waals surface area contributed by atoms with Crippen LogP contribution in [0.15, 0.2) is 54.6 Å². The first kappa shape index (κ1) is 20.2. The molecule has 4 atom stereocenters. The van der Waals surface area contributed by atoms with Crippen molar-refractivity contribution < 1.29 is 14.2 Å². The van der Waals surface area contributed by atoms with Gasteiger partial charge >= 0.3 is 0 Å². The molecule has 146 valence electrons. The average Bonchev–Trinajstić information content (AvgIpc) is 2.62. The van der Waals surface area contributed by atoms with Crippen LogP contribution in [0.3, 0.4) is 0 Å². The van der Waals surface area contributed by atoms with Crippen LogP contribution in [0.25, 0.3) is 0 Å². The Bertz CT molecular complexity index is 787. The molecule has 1 N–H and O–H groups in total.